The van der Waals surface area contributed by atoms with Gasteiger partial charge in [0.25, 0.3) is 0 Å². The van der Waals surface area contributed by atoms with Gasteiger partial charge in [0.1, 0.15) is 12.1 Å². The van der Waals surface area contributed by atoms with Crippen molar-refractivity contribution in [1.82, 2.24) is 9.38 Å². The Bertz CT molecular complexity index is 1420. The Hall–Kier alpha value is -4.17. The van der Waals surface area contributed by atoms with E-state index in [1.807, 2.05) is 73.0 Å². The number of nitrogens with zero attached hydrogens (tertiary/aromatic N) is 2. The molecule has 0 saturated carbocycles. The number of aromatic nitrogens is 2. The first-order valence-corrected chi connectivity index (χ1v) is 11.3. The maximum atomic E-state index is 12.8. The molecule has 170 valence electrons. The minimum Gasteiger partial charge on any atom is -0.468 e. The molecule has 0 unspecified atom stereocenters. The van der Waals surface area contributed by atoms with Gasteiger partial charge in [0.05, 0.1) is 11.3 Å². The number of carbonyl (C=O) groups is 2. The zero-order valence-electron chi connectivity index (χ0n) is 19.6. The van der Waals surface area contributed by atoms with Crippen LogP contribution < -0.4 is 4.74 Å². The van der Waals surface area contributed by atoms with Crippen LogP contribution in [0.2, 0.25) is 0 Å². The van der Waals surface area contributed by atoms with Gasteiger partial charge in [-0.3, -0.25) is 9.59 Å². The fourth-order valence-corrected chi connectivity index (χ4v) is 4.27. The second-order valence-electron chi connectivity index (χ2n) is 8.04. The van der Waals surface area contributed by atoms with Crippen LogP contribution in [0.5, 0.6) is 5.88 Å². The molecule has 0 fully saturated rings. The Morgan fingerprint density at radius 1 is 1.09 bits per heavy atom. The second-order valence-corrected chi connectivity index (χ2v) is 8.04. The van der Waals surface area contributed by atoms with Gasteiger partial charge < -0.3 is 9.14 Å². The standard InChI is InChI=1S/C29H26N2O3/c1-4-25-26(18-24-13-9-8-12-23(24)15-14-22-10-6-5-7-11-22)31-19-20(2)30-29(34-17-16-32)28(31)27(25)21(3)33/h5-13,16,19H,4,17-18H2,1-3H3. The molecule has 5 nitrogen and oxygen atoms in total. The predicted molar refractivity (Wildman–Crippen MR) is 133 cm³/mol. The van der Waals surface area contributed by atoms with Gasteiger partial charge in [-0.05, 0) is 49.6 Å². The van der Waals surface area contributed by atoms with Crippen molar-refractivity contribution < 1.29 is 14.3 Å². The largest absolute Gasteiger partial charge is 0.468 e. The average Bonchev–Trinajstić information content (AvgIpc) is 3.16. The fraction of sp³-hybridized carbons (Fsp3) is 0.207. The van der Waals surface area contributed by atoms with E-state index in [9.17, 15) is 9.59 Å². The summed E-state index contributed by atoms with van der Waals surface area (Å²) in [5.74, 6) is 6.80. The first-order chi connectivity index (χ1) is 16.5. The van der Waals surface area contributed by atoms with Crippen molar-refractivity contribution >= 4 is 17.6 Å². The average molecular weight is 451 g/mol. The van der Waals surface area contributed by atoms with Crippen LogP contribution in [-0.4, -0.2) is 28.1 Å². The van der Waals surface area contributed by atoms with Crippen LogP contribution in [0.25, 0.3) is 5.52 Å². The van der Waals surface area contributed by atoms with E-state index in [2.05, 4.69) is 22.9 Å². The highest BCUT2D eigenvalue weighted by atomic mass is 16.5. The second kappa shape index (κ2) is 10.2. The predicted octanol–water partition coefficient (Wildman–Crippen LogP) is 4.98. The summed E-state index contributed by atoms with van der Waals surface area (Å²) in [5.41, 5.74) is 6.87. The van der Waals surface area contributed by atoms with Gasteiger partial charge in [0.15, 0.2) is 12.1 Å². The Labute approximate surface area is 199 Å². The maximum absolute atomic E-state index is 12.8. The zero-order valence-corrected chi connectivity index (χ0v) is 19.6. The SMILES string of the molecule is CCc1c(C(C)=O)c2c(OCC=O)nc(C)cn2c1Cc1ccccc1C#Cc1ccccc1. The highest BCUT2D eigenvalue weighted by molar-refractivity contribution is 6.04. The van der Waals surface area contributed by atoms with Crippen molar-refractivity contribution in [3.8, 4) is 17.7 Å². The van der Waals surface area contributed by atoms with Crippen molar-refractivity contribution in [2.24, 2.45) is 0 Å². The molecule has 0 radical (unpaired) electrons. The number of aryl methyl sites for hydroxylation is 1. The molecule has 0 spiro atoms. The van der Waals surface area contributed by atoms with Crippen molar-refractivity contribution in [1.29, 1.82) is 0 Å². The van der Waals surface area contributed by atoms with E-state index >= 15 is 0 Å². The molecule has 0 N–H and O–H groups in total. The third-order valence-corrected chi connectivity index (χ3v) is 5.70. The third-order valence-electron chi connectivity index (χ3n) is 5.70. The van der Waals surface area contributed by atoms with Gasteiger partial charge in [0, 0.05) is 29.4 Å². The van der Waals surface area contributed by atoms with Gasteiger partial charge in [-0.1, -0.05) is 55.2 Å². The van der Waals surface area contributed by atoms with E-state index in [1.165, 1.54) is 0 Å². The lowest BCUT2D eigenvalue weighted by molar-refractivity contribution is -0.109. The number of ketones is 1. The van der Waals surface area contributed by atoms with Crippen LogP contribution in [-0.2, 0) is 17.6 Å². The monoisotopic (exact) mass is 450 g/mol. The molecule has 2 aromatic heterocycles. The molecule has 0 bridgehead atoms. The highest BCUT2D eigenvalue weighted by Gasteiger charge is 2.24. The molecule has 0 atom stereocenters. The summed E-state index contributed by atoms with van der Waals surface area (Å²) >= 11 is 0. The first kappa shape index (κ1) is 23.0. The summed E-state index contributed by atoms with van der Waals surface area (Å²) < 4.78 is 7.64. The summed E-state index contributed by atoms with van der Waals surface area (Å²) in [7, 11) is 0. The van der Waals surface area contributed by atoms with Crippen LogP contribution >= 0.6 is 0 Å². The van der Waals surface area contributed by atoms with Crippen LogP contribution in [0, 0.1) is 18.8 Å². The maximum Gasteiger partial charge on any atom is 0.239 e. The van der Waals surface area contributed by atoms with Gasteiger partial charge in [0.2, 0.25) is 5.88 Å². The summed E-state index contributed by atoms with van der Waals surface area (Å²) in [6.45, 7) is 5.34. The molecule has 0 amide bonds. The summed E-state index contributed by atoms with van der Waals surface area (Å²) in [6, 6.07) is 18.0. The Morgan fingerprint density at radius 2 is 1.82 bits per heavy atom. The molecule has 4 aromatic rings. The third kappa shape index (κ3) is 4.62. The molecular weight excluding hydrogens is 424 g/mol. The van der Waals surface area contributed by atoms with E-state index in [0.717, 1.165) is 33.6 Å². The molecule has 2 heterocycles. The van der Waals surface area contributed by atoms with E-state index < -0.39 is 0 Å². The van der Waals surface area contributed by atoms with Gasteiger partial charge in [-0.25, -0.2) is 4.98 Å². The lowest BCUT2D eigenvalue weighted by Crippen LogP contribution is -2.06. The van der Waals surface area contributed by atoms with E-state index in [0.29, 0.717) is 36.1 Å². The highest BCUT2D eigenvalue weighted by Crippen LogP contribution is 2.33. The van der Waals surface area contributed by atoms with E-state index in [-0.39, 0.29) is 12.4 Å². The van der Waals surface area contributed by atoms with Crippen LogP contribution in [0.15, 0.2) is 60.8 Å². The summed E-state index contributed by atoms with van der Waals surface area (Å²) in [5, 5.41) is 0. The summed E-state index contributed by atoms with van der Waals surface area (Å²) in [4.78, 5) is 28.2. The lowest BCUT2D eigenvalue weighted by Gasteiger charge is -2.10. The lowest BCUT2D eigenvalue weighted by atomic mass is 9.97. The smallest absolute Gasteiger partial charge is 0.239 e. The van der Waals surface area contributed by atoms with Crippen molar-refractivity contribution in [3.05, 3.63) is 100.0 Å². The summed E-state index contributed by atoms with van der Waals surface area (Å²) in [6.07, 6.45) is 3.87. The fourth-order valence-electron chi connectivity index (χ4n) is 4.27. The Kier molecular flexibility index (Phi) is 6.89. The Morgan fingerprint density at radius 3 is 2.53 bits per heavy atom. The molecule has 5 heteroatoms. The molecular formula is C29H26N2O3. The number of hydrogen-bond donors (Lipinski definition) is 0. The van der Waals surface area contributed by atoms with Crippen LogP contribution in [0.4, 0.5) is 0 Å². The topological polar surface area (TPSA) is 60.7 Å². The Balaban J connectivity index is 1.88. The molecule has 2 aromatic carbocycles. The minimum atomic E-state index is -0.122. The normalized spacial score (nSPS) is 10.6. The molecule has 0 aliphatic carbocycles. The number of aldehydes is 1. The number of benzene rings is 2. The first-order valence-electron chi connectivity index (χ1n) is 11.3. The molecule has 0 aliphatic heterocycles. The van der Waals surface area contributed by atoms with Gasteiger partial charge in [-0.2, -0.15) is 0 Å². The van der Waals surface area contributed by atoms with Crippen molar-refractivity contribution in [3.63, 3.8) is 0 Å². The molecule has 0 saturated heterocycles. The van der Waals surface area contributed by atoms with Crippen molar-refractivity contribution in [2.75, 3.05) is 6.61 Å². The van der Waals surface area contributed by atoms with Crippen molar-refractivity contribution in [2.45, 2.75) is 33.6 Å². The number of fused-ring (bicyclic) bond motifs is 1. The number of rotatable bonds is 7. The molecule has 4 rings (SSSR count). The van der Waals surface area contributed by atoms with Gasteiger partial charge in [-0.15, -0.1) is 0 Å². The number of Topliss-reactive ketones (excluding diaryl/α,β-unsaturated/α-hetero) is 1. The zero-order chi connectivity index (χ0) is 24.1. The number of carbonyl (C=O) groups excluding carboxylic acids is 2. The minimum absolute atomic E-state index is 0.0561. The number of hydrogen-bond acceptors (Lipinski definition) is 4. The molecule has 0 aliphatic rings. The number of ether oxygens (including phenoxy) is 1. The van der Waals surface area contributed by atoms with E-state index in [1.54, 1.807) is 6.92 Å². The van der Waals surface area contributed by atoms with Gasteiger partial charge >= 0.3 is 0 Å². The van der Waals surface area contributed by atoms with Crippen LogP contribution in [0.1, 0.15) is 57.8 Å². The molecule has 34 heavy (non-hydrogen) atoms. The quantitative estimate of drug-likeness (QED) is 0.226. The van der Waals surface area contributed by atoms with Crippen LogP contribution in [0.3, 0.4) is 0 Å². The van der Waals surface area contributed by atoms with E-state index in [4.69, 9.17) is 4.74 Å².